The summed E-state index contributed by atoms with van der Waals surface area (Å²) in [5.74, 6) is -0.0579. The standard InChI is InChI=1S/C16H24N2O2/c1-12(19)18-14-9-7-13(8-10-14)11-17-15-5-3-2-4-6-16(15)20/h7-10,15-17,20H,2-6,11H2,1H3,(H,18,19). The van der Waals surface area contributed by atoms with Gasteiger partial charge in [0.05, 0.1) is 6.10 Å². The summed E-state index contributed by atoms with van der Waals surface area (Å²) < 4.78 is 0. The van der Waals surface area contributed by atoms with Gasteiger partial charge in [-0.05, 0) is 30.5 Å². The molecule has 1 aromatic rings. The third kappa shape index (κ3) is 4.62. The summed E-state index contributed by atoms with van der Waals surface area (Å²) in [5.41, 5.74) is 1.98. The Labute approximate surface area is 120 Å². The summed E-state index contributed by atoms with van der Waals surface area (Å²) >= 11 is 0. The van der Waals surface area contributed by atoms with Gasteiger partial charge in [0.15, 0.2) is 0 Å². The summed E-state index contributed by atoms with van der Waals surface area (Å²) in [5, 5.41) is 16.3. The van der Waals surface area contributed by atoms with E-state index in [2.05, 4.69) is 10.6 Å². The van der Waals surface area contributed by atoms with Gasteiger partial charge >= 0.3 is 0 Å². The van der Waals surface area contributed by atoms with Crippen LogP contribution in [-0.2, 0) is 11.3 Å². The zero-order chi connectivity index (χ0) is 14.4. The zero-order valence-corrected chi connectivity index (χ0v) is 12.1. The van der Waals surface area contributed by atoms with Crippen molar-refractivity contribution in [1.82, 2.24) is 5.32 Å². The number of aliphatic hydroxyl groups excluding tert-OH is 1. The molecule has 110 valence electrons. The maximum atomic E-state index is 10.9. The van der Waals surface area contributed by atoms with Crippen molar-refractivity contribution < 1.29 is 9.90 Å². The number of benzene rings is 1. The molecule has 0 bridgehead atoms. The smallest absolute Gasteiger partial charge is 0.221 e. The van der Waals surface area contributed by atoms with Crippen LogP contribution in [0.4, 0.5) is 5.69 Å². The fourth-order valence-corrected chi connectivity index (χ4v) is 2.68. The van der Waals surface area contributed by atoms with Crippen molar-refractivity contribution in [3.63, 3.8) is 0 Å². The van der Waals surface area contributed by atoms with Crippen LogP contribution in [0.1, 0.15) is 44.6 Å². The molecule has 2 atom stereocenters. The van der Waals surface area contributed by atoms with E-state index in [4.69, 9.17) is 0 Å². The van der Waals surface area contributed by atoms with E-state index in [9.17, 15) is 9.90 Å². The number of nitrogens with one attached hydrogen (secondary N) is 2. The molecular weight excluding hydrogens is 252 g/mol. The van der Waals surface area contributed by atoms with Gasteiger partial charge in [-0.1, -0.05) is 31.4 Å². The van der Waals surface area contributed by atoms with Gasteiger partial charge in [0, 0.05) is 25.2 Å². The molecular formula is C16H24N2O2. The third-order valence-electron chi connectivity index (χ3n) is 3.82. The molecule has 0 aliphatic heterocycles. The molecule has 0 spiro atoms. The van der Waals surface area contributed by atoms with Crippen LogP contribution < -0.4 is 10.6 Å². The molecule has 1 saturated carbocycles. The van der Waals surface area contributed by atoms with Gasteiger partial charge in [0.25, 0.3) is 0 Å². The van der Waals surface area contributed by atoms with Crippen LogP contribution in [0.2, 0.25) is 0 Å². The number of carbonyl (C=O) groups excluding carboxylic acids is 1. The van der Waals surface area contributed by atoms with E-state index in [0.29, 0.717) is 0 Å². The maximum absolute atomic E-state index is 10.9. The molecule has 1 amide bonds. The molecule has 4 heteroatoms. The van der Waals surface area contributed by atoms with Crippen LogP contribution in [0.3, 0.4) is 0 Å². The van der Waals surface area contributed by atoms with Gasteiger partial charge in [-0.2, -0.15) is 0 Å². The zero-order valence-electron chi connectivity index (χ0n) is 12.1. The van der Waals surface area contributed by atoms with Gasteiger partial charge in [0.2, 0.25) is 5.91 Å². The number of anilines is 1. The molecule has 3 N–H and O–H groups in total. The van der Waals surface area contributed by atoms with Gasteiger partial charge in [-0.3, -0.25) is 4.79 Å². The van der Waals surface area contributed by atoms with Crippen molar-refractivity contribution in [2.75, 3.05) is 5.32 Å². The van der Waals surface area contributed by atoms with Gasteiger partial charge in [-0.15, -0.1) is 0 Å². The van der Waals surface area contributed by atoms with Crippen LogP contribution >= 0.6 is 0 Å². The van der Waals surface area contributed by atoms with Crippen molar-refractivity contribution >= 4 is 11.6 Å². The first-order chi connectivity index (χ1) is 9.65. The summed E-state index contributed by atoms with van der Waals surface area (Å²) in [6.07, 6.45) is 5.27. The highest BCUT2D eigenvalue weighted by Gasteiger charge is 2.20. The second-order valence-corrected chi connectivity index (χ2v) is 5.57. The first-order valence-corrected chi connectivity index (χ1v) is 7.43. The highest BCUT2D eigenvalue weighted by Crippen LogP contribution is 2.18. The number of hydrogen-bond donors (Lipinski definition) is 3. The van der Waals surface area contributed by atoms with E-state index < -0.39 is 0 Å². The molecule has 0 aromatic heterocycles. The Morgan fingerprint density at radius 1 is 1.20 bits per heavy atom. The normalized spacial score (nSPS) is 23.1. The van der Waals surface area contributed by atoms with Crippen molar-refractivity contribution in [3.8, 4) is 0 Å². The van der Waals surface area contributed by atoms with E-state index in [1.165, 1.54) is 19.8 Å². The fourth-order valence-electron chi connectivity index (χ4n) is 2.68. The van der Waals surface area contributed by atoms with Crippen LogP contribution in [0.25, 0.3) is 0 Å². The lowest BCUT2D eigenvalue weighted by molar-refractivity contribution is -0.114. The molecule has 0 radical (unpaired) electrons. The lowest BCUT2D eigenvalue weighted by Crippen LogP contribution is -2.38. The molecule has 1 fully saturated rings. The minimum Gasteiger partial charge on any atom is -0.392 e. The Morgan fingerprint density at radius 2 is 1.90 bits per heavy atom. The Bertz CT molecular complexity index is 431. The molecule has 0 heterocycles. The van der Waals surface area contributed by atoms with E-state index in [1.807, 2.05) is 24.3 Å². The number of amides is 1. The highest BCUT2D eigenvalue weighted by atomic mass is 16.3. The van der Waals surface area contributed by atoms with Crippen LogP contribution in [0, 0.1) is 0 Å². The second-order valence-electron chi connectivity index (χ2n) is 5.57. The van der Waals surface area contributed by atoms with Crippen molar-refractivity contribution in [2.24, 2.45) is 0 Å². The van der Waals surface area contributed by atoms with Gasteiger partial charge in [-0.25, -0.2) is 0 Å². The second kappa shape index (κ2) is 7.41. The Hall–Kier alpha value is -1.39. The topological polar surface area (TPSA) is 61.4 Å². The molecule has 4 nitrogen and oxygen atoms in total. The van der Waals surface area contributed by atoms with Gasteiger partial charge < -0.3 is 15.7 Å². The molecule has 2 unspecified atom stereocenters. The molecule has 20 heavy (non-hydrogen) atoms. The van der Waals surface area contributed by atoms with Crippen LogP contribution in [0.15, 0.2) is 24.3 Å². The van der Waals surface area contributed by atoms with Crippen molar-refractivity contribution in [1.29, 1.82) is 0 Å². The van der Waals surface area contributed by atoms with Crippen LogP contribution in [-0.4, -0.2) is 23.2 Å². The number of hydrogen-bond acceptors (Lipinski definition) is 3. The Kier molecular flexibility index (Phi) is 5.56. The molecule has 2 rings (SSSR count). The number of carbonyl (C=O) groups is 1. The summed E-state index contributed by atoms with van der Waals surface area (Å²) in [6, 6.07) is 8.01. The Balaban J connectivity index is 1.85. The van der Waals surface area contributed by atoms with E-state index in [0.717, 1.165) is 37.1 Å². The summed E-state index contributed by atoms with van der Waals surface area (Å²) in [4.78, 5) is 10.9. The van der Waals surface area contributed by atoms with Gasteiger partial charge in [0.1, 0.15) is 0 Å². The maximum Gasteiger partial charge on any atom is 0.221 e. The average Bonchev–Trinajstić information content (AvgIpc) is 2.62. The average molecular weight is 276 g/mol. The summed E-state index contributed by atoms with van der Waals surface area (Å²) in [7, 11) is 0. The first kappa shape index (κ1) is 15.0. The van der Waals surface area contributed by atoms with Crippen molar-refractivity contribution in [2.45, 2.75) is 57.7 Å². The quantitative estimate of drug-likeness (QED) is 0.740. The third-order valence-corrected chi connectivity index (χ3v) is 3.82. The SMILES string of the molecule is CC(=O)Nc1ccc(CNC2CCCCCC2O)cc1. The lowest BCUT2D eigenvalue weighted by atomic mass is 10.1. The summed E-state index contributed by atoms with van der Waals surface area (Å²) in [6.45, 7) is 2.25. The monoisotopic (exact) mass is 276 g/mol. The van der Waals surface area contributed by atoms with E-state index in [1.54, 1.807) is 0 Å². The predicted molar refractivity (Wildman–Crippen MR) is 80.5 cm³/mol. The molecule has 1 aliphatic rings. The minimum atomic E-state index is -0.226. The lowest BCUT2D eigenvalue weighted by Gasteiger charge is -2.21. The number of aliphatic hydroxyl groups is 1. The van der Waals surface area contributed by atoms with E-state index in [-0.39, 0.29) is 18.1 Å². The Morgan fingerprint density at radius 3 is 2.60 bits per heavy atom. The van der Waals surface area contributed by atoms with Crippen molar-refractivity contribution in [3.05, 3.63) is 29.8 Å². The minimum absolute atomic E-state index is 0.0579. The molecule has 1 aliphatic carbocycles. The van der Waals surface area contributed by atoms with E-state index >= 15 is 0 Å². The first-order valence-electron chi connectivity index (χ1n) is 7.43. The molecule has 0 saturated heterocycles. The highest BCUT2D eigenvalue weighted by molar-refractivity contribution is 5.88. The number of rotatable bonds is 4. The fraction of sp³-hybridized carbons (Fsp3) is 0.562. The molecule has 1 aromatic carbocycles. The predicted octanol–water partition coefficient (Wildman–Crippen LogP) is 2.43. The largest absolute Gasteiger partial charge is 0.392 e. The van der Waals surface area contributed by atoms with Crippen LogP contribution in [0.5, 0.6) is 0 Å².